The summed E-state index contributed by atoms with van der Waals surface area (Å²) >= 11 is 5.91. The van der Waals surface area contributed by atoms with Gasteiger partial charge in [0.1, 0.15) is 0 Å². The lowest BCUT2D eigenvalue weighted by Gasteiger charge is -2.17. The van der Waals surface area contributed by atoms with Crippen LogP contribution in [0.1, 0.15) is 61.2 Å². The van der Waals surface area contributed by atoms with E-state index in [1.54, 1.807) is 18.2 Å². The minimum Gasteiger partial charge on any atom is -0.451 e. The third-order valence-electron chi connectivity index (χ3n) is 5.38. The van der Waals surface area contributed by atoms with Crippen LogP contribution in [0.2, 0.25) is 5.02 Å². The number of esters is 1. The number of ether oxygens (including phenoxy) is 2. The van der Waals surface area contributed by atoms with E-state index >= 15 is 0 Å². The van der Waals surface area contributed by atoms with Crippen molar-refractivity contribution in [2.24, 2.45) is 0 Å². The van der Waals surface area contributed by atoms with Crippen molar-refractivity contribution in [3.05, 3.63) is 69.7 Å². The number of fused-ring (bicyclic) bond motifs is 1. The highest BCUT2D eigenvalue weighted by atomic mass is 35.5. The lowest BCUT2D eigenvalue weighted by molar-refractivity contribution is 0.0318. The molecule has 2 heterocycles. The molecule has 1 saturated heterocycles. The van der Waals surface area contributed by atoms with E-state index in [9.17, 15) is 19.2 Å². The first-order chi connectivity index (χ1) is 14.8. The molecule has 0 aromatic heterocycles. The second-order valence-electron chi connectivity index (χ2n) is 7.54. The average molecular weight is 442 g/mol. The number of halogens is 1. The van der Waals surface area contributed by atoms with Crippen molar-refractivity contribution in [1.82, 2.24) is 4.90 Å². The molecule has 0 N–H and O–H groups in total. The van der Waals surface area contributed by atoms with Gasteiger partial charge in [-0.25, -0.2) is 4.79 Å². The van der Waals surface area contributed by atoms with Crippen LogP contribution in [-0.4, -0.2) is 53.8 Å². The zero-order chi connectivity index (χ0) is 22.1. The van der Waals surface area contributed by atoms with E-state index in [-0.39, 0.29) is 29.3 Å². The highest BCUT2D eigenvalue weighted by Crippen LogP contribution is 2.26. The largest absolute Gasteiger partial charge is 0.451 e. The van der Waals surface area contributed by atoms with Crippen molar-refractivity contribution >= 4 is 35.2 Å². The standard InChI is InChI=1S/C23H20ClNO6/c1-13(20(26)14-4-2-5-16(24)10-14)31-23(29)15-7-8-18-19(11-15)22(28)25(21(18)27)12-17-6-3-9-30-17/h2,4-5,7-8,10-11,13,17H,3,6,9,12H2,1H3. The van der Waals surface area contributed by atoms with Crippen LogP contribution in [-0.2, 0) is 9.47 Å². The Morgan fingerprint density at radius 3 is 2.61 bits per heavy atom. The maximum absolute atomic E-state index is 12.7. The van der Waals surface area contributed by atoms with Crippen LogP contribution >= 0.6 is 11.6 Å². The Morgan fingerprint density at radius 1 is 1.13 bits per heavy atom. The summed E-state index contributed by atoms with van der Waals surface area (Å²) in [7, 11) is 0. The van der Waals surface area contributed by atoms with E-state index in [0.29, 0.717) is 17.2 Å². The van der Waals surface area contributed by atoms with Crippen molar-refractivity contribution in [3.63, 3.8) is 0 Å². The number of Topliss-reactive ketones (excluding diaryl/α,β-unsaturated/α-hetero) is 1. The van der Waals surface area contributed by atoms with Crippen molar-refractivity contribution in [3.8, 4) is 0 Å². The third-order valence-corrected chi connectivity index (χ3v) is 5.61. The molecule has 1 fully saturated rings. The monoisotopic (exact) mass is 441 g/mol. The first-order valence-electron chi connectivity index (χ1n) is 9.98. The van der Waals surface area contributed by atoms with E-state index in [2.05, 4.69) is 0 Å². The summed E-state index contributed by atoms with van der Waals surface area (Å²) in [5.74, 6) is -2.03. The first-order valence-corrected chi connectivity index (χ1v) is 10.4. The van der Waals surface area contributed by atoms with Gasteiger partial charge in [-0.05, 0) is 50.1 Å². The maximum atomic E-state index is 12.7. The molecule has 2 unspecified atom stereocenters. The molecule has 2 aromatic carbocycles. The minimum atomic E-state index is -1.05. The van der Waals surface area contributed by atoms with Gasteiger partial charge < -0.3 is 9.47 Å². The zero-order valence-electron chi connectivity index (χ0n) is 16.8. The van der Waals surface area contributed by atoms with Crippen LogP contribution < -0.4 is 0 Å². The van der Waals surface area contributed by atoms with Crippen LogP contribution in [0, 0.1) is 0 Å². The van der Waals surface area contributed by atoms with Crippen molar-refractivity contribution in [1.29, 1.82) is 0 Å². The van der Waals surface area contributed by atoms with Crippen LogP contribution in [0.15, 0.2) is 42.5 Å². The Labute approximate surface area is 183 Å². The topological polar surface area (TPSA) is 90.0 Å². The minimum absolute atomic E-state index is 0.0876. The Bertz CT molecular complexity index is 1080. The quantitative estimate of drug-likeness (QED) is 0.387. The Hall–Kier alpha value is -3.03. The lowest BCUT2D eigenvalue weighted by Crippen LogP contribution is -2.36. The molecule has 2 aromatic rings. The fourth-order valence-electron chi connectivity index (χ4n) is 3.73. The van der Waals surface area contributed by atoms with E-state index in [1.807, 2.05) is 0 Å². The SMILES string of the molecule is CC(OC(=O)c1ccc2c(c1)C(=O)N(CC1CCCO1)C2=O)C(=O)c1cccc(Cl)c1. The predicted octanol–water partition coefficient (Wildman–Crippen LogP) is 3.54. The summed E-state index contributed by atoms with van der Waals surface area (Å²) in [4.78, 5) is 51.6. The second-order valence-corrected chi connectivity index (χ2v) is 7.97. The summed E-state index contributed by atoms with van der Waals surface area (Å²) in [6.45, 7) is 2.28. The highest BCUT2D eigenvalue weighted by molar-refractivity contribution is 6.31. The molecule has 160 valence electrons. The number of carbonyl (C=O) groups excluding carboxylic acids is 4. The molecule has 8 heteroatoms. The van der Waals surface area contributed by atoms with Crippen LogP contribution in [0.4, 0.5) is 0 Å². The van der Waals surface area contributed by atoms with Gasteiger partial charge in [-0.1, -0.05) is 23.7 Å². The van der Waals surface area contributed by atoms with Gasteiger partial charge in [-0.15, -0.1) is 0 Å². The van der Waals surface area contributed by atoms with E-state index < -0.39 is 29.7 Å². The van der Waals surface area contributed by atoms with Gasteiger partial charge in [0.15, 0.2) is 6.10 Å². The molecule has 31 heavy (non-hydrogen) atoms. The Balaban J connectivity index is 1.47. The predicted molar refractivity (Wildman–Crippen MR) is 111 cm³/mol. The van der Waals surface area contributed by atoms with Crippen molar-refractivity contribution < 1.29 is 28.7 Å². The molecule has 0 spiro atoms. The van der Waals surface area contributed by atoms with Gasteiger partial charge in [0, 0.05) is 17.2 Å². The van der Waals surface area contributed by atoms with Gasteiger partial charge in [-0.2, -0.15) is 0 Å². The number of carbonyl (C=O) groups is 4. The average Bonchev–Trinajstić information content (AvgIpc) is 3.36. The fourth-order valence-corrected chi connectivity index (χ4v) is 3.92. The molecule has 7 nitrogen and oxygen atoms in total. The van der Waals surface area contributed by atoms with Gasteiger partial charge in [0.2, 0.25) is 5.78 Å². The normalized spacial score (nSPS) is 18.8. The molecule has 2 aliphatic rings. The fraction of sp³-hybridized carbons (Fsp3) is 0.304. The highest BCUT2D eigenvalue weighted by Gasteiger charge is 2.38. The molecule has 0 aliphatic carbocycles. The van der Waals surface area contributed by atoms with Gasteiger partial charge in [-0.3, -0.25) is 19.3 Å². The van der Waals surface area contributed by atoms with E-state index in [4.69, 9.17) is 21.1 Å². The number of nitrogens with zero attached hydrogens (tertiary/aromatic N) is 1. The molecule has 2 aliphatic heterocycles. The second kappa shape index (κ2) is 8.61. The summed E-state index contributed by atoms with van der Waals surface area (Å²) < 4.78 is 10.8. The summed E-state index contributed by atoms with van der Waals surface area (Å²) in [6, 6.07) is 10.5. The smallest absolute Gasteiger partial charge is 0.338 e. The van der Waals surface area contributed by atoms with Gasteiger partial charge in [0.05, 0.1) is 29.3 Å². The number of rotatable bonds is 6. The number of hydrogen-bond donors (Lipinski definition) is 0. The maximum Gasteiger partial charge on any atom is 0.338 e. The van der Waals surface area contributed by atoms with Crippen molar-refractivity contribution in [2.45, 2.75) is 32.0 Å². The molecular weight excluding hydrogens is 422 g/mol. The lowest BCUT2D eigenvalue weighted by atomic mass is 10.1. The first kappa shape index (κ1) is 21.2. The number of hydrogen-bond acceptors (Lipinski definition) is 6. The third kappa shape index (κ3) is 4.24. The summed E-state index contributed by atoms with van der Waals surface area (Å²) in [6.07, 6.45) is 0.483. The summed E-state index contributed by atoms with van der Waals surface area (Å²) in [5.41, 5.74) is 0.797. The van der Waals surface area contributed by atoms with E-state index in [0.717, 1.165) is 17.7 Å². The number of benzene rings is 2. The Kier molecular flexibility index (Phi) is 5.89. The summed E-state index contributed by atoms with van der Waals surface area (Å²) in [5, 5.41) is 0.402. The van der Waals surface area contributed by atoms with Crippen molar-refractivity contribution in [2.75, 3.05) is 13.2 Å². The number of ketones is 1. The molecule has 2 atom stereocenters. The van der Waals surface area contributed by atoms with Crippen LogP contribution in [0.3, 0.4) is 0 Å². The Morgan fingerprint density at radius 2 is 1.90 bits per heavy atom. The molecule has 2 amide bonds. The number of imide groups is 1. The molecule has 0 saturated carbocycles. The van der Waals surface area contributed by atoms with Gasteiger partial charge >= 0.3 is 5.97 Å². The van der Waals surface area contributed by atoms with Crippen LogP contribution in [0.5, 0.6) is 0 Å². The molecular formula is C23H20ClNO6. The van der Waals surface area contributed by atoms with Gasteiger partial charge in [0.25, 0.3) is 11.8 Å². The van der Waals surface area contributed by atoms with Crippen LogP contribution in [0.25, 0.3) is 0 Å². The molecule has 4 rings (SSSR count). The number of amides is 2. The zero-order valence-corrected chi connectivity index (χ0v) is 17.6. The van der Waals surface area contributed by atoms with E-state index in [1.165, 1.54) is 31.2 Å². The molecule has 0 bridgehead atoms. The molecule has 0 radical (unpaired) electrons.